The van der Waals surface area contributed by atoms with Gasteiger partial charge in [0.05, 0.1) is 11.1 Å². The molecular weight excluding hydrogens is 386 g/mol. The number of hydrogen-bond acceptors (Lipinski definition) is 8. The van der Waals surface area contributed by atoms with Crippen LogP contribution in [-0.4, -0.2) is 53.7 Å². The molecule has 2 aromatic carbocycles. The molecule has 0 atom stereocenters. The van der Waals surface area contributed by atoms with Gasteiger partial charge in [0.2, 0.25) is 11.8 Å². The SMILES string of the molecule is O=C1c2ccccc2C(=O)N1CCc1nnn(Cc2nnc(-c3ccccc3)o2)n1. The van der Waals surface area contributed by atoms with Crippen LogP contribution in [0.5, 0.6) is 0 Å². The van der Waals surface area contributed by atoms with Crippen molar-refractivity contribution in [3.05, 3.63) is 77.4 Å². The van der Waals surface area contributed by atoms with Gasteiger partial charge >= 0.3 is 0 Å². The fourth-order valence-corrected chi connectivity index (χ4v) is 3.23. The maximum absolute atomic E-state index is 12.4. The van der Waals surface area contributed by atoms with E-state index < -0.39 is 0 Å². The minimum absolute atomic E-state index is 0.167. The maximum Gasteiger partial charge on any atom is 0.261 e. The zero-order chi connectivity index (χ0) is 20.5. The first kappa shape index (κ1) is 17.9. The van der Waals surface area contributed by atoms with E-state index in [1.807, 2.05) is 30.3 Å². The summed E-state index contributed by atoms with van der Waals surface area (Å²) in [4.78, 5) is 27.4. The lowest BCUT2D eigenvalue weighted by Crippen LogP contribution is -2.32. The molecule has 0 unspecified atom stereocenters. The van der Waals surface area contributed by atoms with Gasteiger partial charge in [-0.05, 0) is 29.5 Å². The molecule has 5 rings (SSSR count). The molecule has 0 saturated heterocycles. The van der Waals surface area contributed by atoms with Crippen LogP contribution in [0, 0.1) is 0 Å². The molecule has 2 aromatic heterocycles. The van der Waals surface area contributed by atoms with E-state index in [-0.39, 0.29) is 24.9 Å². The molecule has 10 nitrogen and oxygen atoms in total. The van der Waals surface area contributed by atoms with Crippen molar-refractivity contribution >= 4 is 11.8 Å². The van der Waals surface area contributed by atoms with Crippen LogP contribution in [0.4, 0.5) is 0 Å². The van der Waals surface area contributed by atoms with Crippen LogP contribution in [0.15, 0.2) is 59.0 Å². The Morgan fingerprint density at radius 2 is 1.53 bits per heavy atom. The van der Waals surface area contributed by atoms with Crippen molar-refractivity contribution in [3.8, 4) is 11.5 Å². The van der Waals surface area contributed by atoms with Crippen LogP contribution < -0.4 is 0 Å². The Labute approximate surface area is 170 Å². The predicted octanol–water partition coefficient (Wildman–Crippen LogP) is 1.61. The molecule has 148 valence electrons. The van der Waals surface area contributed by atoms with Gasteiger partial charge < -0.3 is 4.42 Å². The first-order valence-corrected chi connectivity index (χ1v) is 9.29. The third-order valence-corrected chi connectivity index (χ3v) is 4.70. The number of carbonyl (C=O) groups is 2. The van der Waals surface area contributed by atoms with Crippen LogP contribution in [-0.2, 0) is 13.0 Å². The zero-order valence-corrected chi connectivity index (χ0v) is 15.7. The number of hydrogen-bond donors (Lipinski definition) is 0. The first-order valence-electron chi connectivity index (χ1n) is 9.29. The second-order valence-corrected chi connectivity index (χ2v) is 6.66. The lowest BCUT2D eigenvalue weighted by Gasteiger charge is -2.11. The monoisotopic (exact) mass is 401 g/mol. The first-order chi connectivity index (χ1) is 14.7. The number of rotatable bonds is 6. The normalized spacial score (nSPS) is 13.1. The largest absolute Gasteiger partial charge is 0.419 e. The highest BCUT2D eigenvalue weighted by Crippen LogP contribution is 2.22. The second kappa shape index (κ2) is 7.32. The minimum Gasteiger partial charge on any atom is -0.419 e. The molecule has 0 N–H and O–H groups in total. The van der Waals surface area contributed by atoms with Crippen molar-refractivity contribution in [2.75, 3.05) is 6.54 Å². The summed E-state index contributed by atoms with van der Waals surface area (Å²) in [7, 11) is 0. The van der Waals surface area contributed by atoms with Gasteiger partial charge in [-0.1, -0.05) is 30.3 Å². The highest BCUT2D eigenvalue weighted by Gasteiger charge is 2.34. The summed E-state index contributed by atoms with van der Waals surface area (Å²) in [6.45, 7) is 0.344. The molecule has 3 heterocycles. The highest BCUT2D eigenvalue weighted by molar-refractivity contribution is 6.21. The van der Waals surface area contributed by atoms with E-state index in [9.17, 15) is 9.59 Å². The van der Waals surface area contributed by atoms with E-state index in [1.165, 1.54) is 9.70 Å². The summed E-state index contributed by atoms with van der Waals surface area (Å²) in [6.07, 6.45) is 0.296. The molecule has 0 spiro atoms. The van der Waals surface area contributed by atoms with E-state index >= 15 is 0 Å². The topological polar surface area (TPSA) is 120 Å². The molecule has 0 radical (unpaired) electrons. The fourth-order valence-electron chi connectivity index (χ4n) is 3.23. The standard InChI is InChI=1S/C20H15N7O3/c28-19-14-8-4-5-9-15(14)20(29)26(19)11-10-16-21-25-27(24-16)12-17-22-23-18(30-17)13-6-2-1-3-7-13/h1-9H,10-12H2. The number of fused-ring (bicyclic) bond motifs is 1. The summed E-state index contributed by atoms with van der Waals surface area (Å²) in [5, 5.41) is 20.3. The van der Waals surface area contributed by atoms with E-state index in [2.05, 4.69) is 25.6 Å². The summed E-state index contributed by atoms with van der Waals surface area (Å²) < 4.78 is 5.64. The fraction of sp³-hybridized carbons (Fsp3) is 0.150. The molecule has 0 saturated carbocycles. The van der Waals surface area contributed by atoms with Gasteiger partial charge in [0.15, 0.2) is 5.82 Å². The molecule has 1 aliphatic heterocycles. The van der Waals surface area contributed by atoms with Crippen molar-refractivity contribution < 1.29 is 14.0 Å². The van der Waals surface area contributed by atoms with Gasteiger partial charge in [0.1, 0.15) is 6.54 Å². The maximum atomic E-state index is 12.4. The Balaban J connectivity index is 1.22. The Bertz CT molecular complexity index is 1200. The lowest BCUT2D eigenvalue weighted by molar-refractivity contribution is 0.0655. The van der Waals surface area contributed by atoms with E-state index in [0.29, 0.717) is 35.2 Å². The quantitative estimate of drug-likeness (QED) is 0.447. The van der Waals surface area contributed by atoms with Crippen molar-refractivity contribution in [1.82, 2.24) is 35.3 Å². The molecule has 0 bridgehead atoms. The van der Waals surface area contributed by atoms with E-state index in [4.69, 9.17) is 4.42 Å². The van der Waals surface area contributed by atoms with Gasteiger partial charge in [-0.25, -0.2) is 0 Å². The minimum atomic E-state index is -0.303. The number of tetrazole rings is 1. The van der Waals surface area contributed by atoms with Crippen molar-refractivity contribution in [2.45, 2.75) is 13.0 Å². The van der Waals surface area contributed by atoms with E-state index in [1.54, 1.807) is 24.3 Å². The Morgan fingerprint density at radius 1 is 0.833 bits per heavy atom. The van der Waals surface area contributed by atoms with Crippen molar-refractivity contribution in [3.63, 3.8) is 0 Å². The molecular formula is C20H15N7O3. The van der Waals surface area contributed by atoms with Gasteiger partial charge in [0.25, 0.3) is 11.8 Å². The summed E-state index contributed by atoms with van der Waals surface area (Å²) in [5.74, 6) is 0.564. The Morgan fingerprint density at radius 3 is 2.27 bits per heavy atom. The van der Waals surface area contributed by atoms with Crippen molar-refractivity contribution in [1.29, 1.82) is 0 Å². The number of benzene rings is 2. The average Bonchev–Trinajstić information content (AvgIpc) is 3.49. The summed E-state index contributed by atoms with van der Waals surface area (Å²) >= 11 is 0. The number of imide groups is 1. The molecule has 1 aliphatic rings. The smallest absolute Gasteiger partial charge is 0.261 e. The number of nitrogens with zero attached hydrogens (tertiary/aromatic N) is 7. The number of aromatic nitrogens is 6. The molecule has 10 heteroatoms. The lowest BCUT2D eigenvalue weighted by atomic mass is 10.1. The van der Waals surface area contributed by atoms with Crippen LogP contribution >= 0.6 is 0 Å². The third kappa shape index (κ3) is 3.24. The summed E-state index contributed by atoms with van der Waals surface area (Å²) in [5.41, 5.74) is 1.67. The van der Waals surface area contributed by atoms with E-state index in [0.717, 1.165) is 5.56 Å². The molecule has 4 aromatic rings. The highest BCUT2D eigenvalue weighted by atomic mass is 16.4. The Hall–Kier alpha value is -4.21. The molecule has 0 aliphatic carbocycles. The van der Waals surface area contributed by atoms with Crippen LogP contribution in [0.3, 0.4) is 0 Å². The molecule has 2 amide bonds. The zero-order valence-electron chi connectivity index (χ0n) is 15.7. The Kier molecular flexibility index (Phi) is 4.36. The molecule has 30 heavy (non-hydrogen) atoms. The average molecular weight is 401 g/mol. The second-order valence-electron chi connectivity index (χ2n) is 6.66. The number of amides is 2. The van der Waals surface area contributed by atoms with Crippen LogP contribution in [0.2, 0.25) is 0 Å². The summed E-state index contributed by atoms with van der Waals surface area (Å²) in [6, 6.07) is 16.2. The third-order valence-electron chi connectivity index (χ3n) is 4.70. The van der Waals surface area contributed by atoms with Crippen LogP contribution in [0.25, 0.3) is 11.5 Å². The van der Waals surface area contributed by atoms with Crippen LogP contribution in [0.1, 0.15) is 32.4 Å². The van der Waals surface area contributed by atoms with Gasteiger partial charge in [-0.15, -0.1) is 20.4 Å². The van der Waals surface area contributed by atoms with Gasteiger partial charge in [0, 0.05) is 18.5 Å². The predicted molar refractivity (Wildman–Crippen MR) is 102 cm³/mol. The molecule has 0 fully saturated rings. The van der Waals surface area contributed by atoms with Gasteiger partial charge in [-0.2, -0.15) is 4.80 Å². The van der Waals surface area contributed by atoms with Gasteiger partial charge in [-0.3, -0.25) is 14.5 Å². The van der Waals surface area contributed by atoms with Crippen molar-refractivity contribution in [2.24, 2.45) is 0 Å². The number of carbonyl (C=O) groups excluding carboxylic acids is 2.